The molecule has 3 rings (SSSR count). The molecule has 124 valence electrons. The first-order chi connectivity index (χ1) is 10.6. The van der Waals surface area contributed by atoms with E-state index < -0.39 is 0 Å². The zero-order valence-corrected chi connectivity index (χ0v) is 14.2. The van der Waals surface area contributed by atoms with Gasteiger partial charge in [-0.05, 0) is 24.7 Å². The molecule has 2 aliphatic rings. The maximum absolute atomic E-state index is 5.93. The number of hydrogen-bond donors (Lipinski definition) is 0. The summed E-state index contributed by atoms with van der Waals surface area (Å²) in [5, 5.41) is 0. The van der Waals surface area contributed by atoms with Gasteiger partial charge in [0.05, 0.1) is 12.6 Å². The number of methoxy groups -OCH3 is 1. The van der Waals surface area contributed by atoms with Gasteiger partial charge in [0.15, 0.2) is 0 Å². The Morgan fingerprint density at radius 3 is 2.59 bits per heavy atom. The molecule has 0 aromatic carbocycles. The summed E-state index contributed by atoms with van der Waals surface area (Å²) in [6.07, 6.45) is 8.88. The number of ether oxygens (including phenoxy) is 2. The normalized spacial score (nSPS) is 28.8. The molecule has 3 atom stereocenters. The molecule has 0 bridgehead atoms. The van der Waals surface area contributed by atoms with Crippen LogP contribution in [0.1, 0.15) is 51.4 Å². The van der Waals surface area contributed by atoms with Crippen LogP contribution in [0, 0.1) is 11.8 Å². The summed E-state index contributed by atoms with van der Waals surface area (Å²) in [5.41, 5.74) is 0. The Kier molecular flexibility index (Phi) is 4.85. The molecule has 1 saturated carbocycles. The largest absolute Gasteiger partial charge is 0.343 e. The molecular weight excluding hydrogens is 278 g/mol. The molecule has 0 radical (unpaired) electrons. The minimum absolute atomic E-state index is 0.255. The second-order valence-corrected chi connectivity index (χ2v) is 7.02. The summed E-state index contributed by atoms with van der Waals surface area (Å²) in [7, 11) is 3.83. The zero-order chi connectivity index (χ0) is 15.7. The lowest BCUT2D eigenvalue weighted by Crippen LogP contribution is -2.46. The Labute approximate surface area is 133 Å². The second-order valence-electron chi connectivity index (χ2n) is 7.02. The molecule has 3 unspecified atom stereocenters. The van der Waals surface area contributed by atoms with Crippen LogP contribution in [0.5, 0.6) is 0 Å². The highest BCUT2D eigenvalue weighted by atomic mass is 16.7. The van der Waals surface area contributed by atoms with Gasteiger partial charge in [-0.3, -0.25) is 0 Å². The number of hydrogen-bond acceptors (Lipinski definition) is 4. The fraction of sp³-hybridized carbons (Fsp3) is 0.824. The van der Waals surface area contributed by atoms with Crippen LogP contribution in [0.4, 0.5) is 0 Å². The van der Waals surface area contributed by atoms with Gasteiger partial charge in [0.25, 0.3) is 0 Å². The van der Waals surface area contributed by atoms with Gasteiger partial charge >= 0.3 is 0 Å². The SMILES string of the molecule is COC1OCC(C(C)C)N1C(c1nccn1C)C1CCCC1. The van der Waals surface area contributed by atoms with E-state index in [1.54, 1.807) is 7.11 Å². The number of aryl methyl sites for hydroxylation is 1. The maximum Gasteiger partial charge on any atom is 0.219 e. The van der Waals surface area contributed by atoms with Gasteiger partial charge in [0, 0.05) is 32.6 Å². The van der Waals surface area contributed by atoms with E-state index in [0.717, 1.165) is 12.4 Å². The van der Waals surface area contributed by atoms with E-state index >= 15 is 0 Å². The number of rotatable bonds is 5. The first kappa shape index (κ1) is 16.0. The fourth-order valence-corrected chi connectivity index (χ4v) is 4.10. The van der Waals surface area contributed by atoms with Crippen molar-refractivity contribution in [3.8, 4) is 0 Å². The minimum atomic E-state index is -0.255. The van der Waals surface area contributed by atoms with Crippen LogP contribution in [0.25, 0.3) is 0 Å². The van der Waals surface area contributed by atoms with E-state index in [1.165, 1.54) is 25.7 Å². The first-order valence-electron chi connectivity index (χ1n) is 8.52. The highest BCUT2D eigenvalue weighted by Crippen LogP contribution is 2.43. The van der Waals surface area contributed by atoms with Crippen molar-refractivity contribution in [1.82, 2.24) is 14.5 Å². The summed E-state index contributed by atoms with van der Waals surface area (Å²) >= 11 is 0. The van der Waals surface area contributed by atoms with Crippen LogP contribution in [-0.4, -0.2) is 40.6 Å². The maximum atomic E-state index is 5.93. The Balaban J connectivity index is 1.97. The van der Waals surface area contributed by atoms with Gasteiger partial charge < -0.3 is 14.0 Å². The molecule has 1 aliphatic carbocycles. The zero-order valence-electron chi connectivity index (χ0n) is 14.2. The quantitative estimate of drug-likeness (QED) is 0.838. The number of nitrogens with zero attached hydrogens (tertiary/aromatic N) is 3. The average Bonchev–Trinajstić information content (AvgIpc) is 3.22. The number of imidazole rings is 1. The third-order valence-electron chi connectivity index (χ3n) is 5.30. The smallest absolute Gasteiger partial charge is 0.219 e. The van der Waals surface area contributed by atoms with Gasteiger partial charge in [-0.15, -0.1) is 0 Å². The van der Waals surface area contributed by atoms with Crippen LogP contribution in [-0.2, 0) is 16.5 Å². The predicted octanol–water partition coefficient (Wildman–Crippen LogP) is 2.94. The molecule has 1 saturated heterocycles. The lowest BCUT2D eigenvalue weighted by molar-refractivity contribution is -0.179. The molecule has 1 aromatic rings. The van der Waals surface area contributed by atoms with Crippen LogP contribution in [0.3, 0.4) is 0 Å². The lowest BCUT2D eigenvalue weighted by atomic mass is 9.92. The standard InChI is InChI=1S/C17H29N3O2/c1-12(2)14-11-22-17(21-4)20(14)15(13-7-5-6-8-13)16-18-9-10-19(16)3/h9-10,12-15,17H,5-8,11H2,1-4H3. The lowest BCUT2D eigenvalue weighted by Gasteiger charge is -2.39. The highest BCUT2D eigenvalue weighted by molar-refractivity contribution is 5.05. The summed E-state index contributed by atoms with van der Waals surface area (Å²) in [6, 6.07) is 0.662. The number of aromatic nitrogens is 2. The van der Waals surface area contributed by atoms with Crippen molar-refractivity contribution >= 4 is 0 Å². The van der Waals surface area contributed by atoms with Gasteiger partial charge in [0.1, 0.15) is 5.82 Å². The molecule has 0 spiro atoms. The van der Waals surface area contributed by atoms with E-state index in [4.69, 9.17) is 9.47 Å². The van der Waals surface area contributed by atoms with E-state index in [2.05, 4.69) is 35.3 Å². The fourth-order valence-electron chi connectivity index (χ4n) is 4.10. The summed E-state index contributed by atoms with van der Waals surface area (Å²) in [6.45, 7) is 5.27. The summed E-state index contributed by atoms with van der Waals surface area (Å²) in [5.74, 6) is 2.32. The van der Waals surface area contributed by atoms with Crippen LogP contribution < -0.4 is 0 Å². The average molecular weight is 307 g/mol. The second kappa shape index (κ2) is 6.69. The monoisotopic (exact) mass is 307 g/mol. The first-order valence-corrected chi connectivity index (χ1v) is 8.52. The predicted molar refractivity (Wildman–Crippen MR) is 85.1 cm³/mol. The topological polar surface area (TPSA) is 39.5 Å². The van der Waals surface area contributed by atoms with E-state index in [0.29, 0.717) is 17.9 Å². The van der Waals surface area contributed by atoms with Crippen molar-refractivity contribution in [2.24, 2.45) is 18.9 Å². The third-order valence-corrected chi connectivity index (χ3v) is 5.30. The van der Waals surface area contributed by atoms with Crippen molar-refractivity contribution in [3.63, 3.8) is 0 Å². The van der Waals surface area contributed by atoms with Crippen molar-refractivity contribution in [1.29, 1.82) is 0 Å². The molecular formula is C17H29N3O2. The molecule has 22 heavy (non-hydrogen) atoms. The Hall–Kier alpha value is -0.910. The molecule has 1 aromatic heterocycles. The van der Waals surface area contributed by atoms with Crippen molar-refractivity contribution in [2.75, 3.05) is 13.7 Å². The van der Waals surface area contributed by atoms with E-state index in [9.17, 15) is 0 Å². The van der Waals surface area contributed by atoms with E-state index in [1.807, 2.05) is 12.4 Å². The van der Waals surface area contributed by atoms with Gasteiger partial charge in [-0.25, -0.2) is 9.88 Å². The summed E-state index contributed by atoms with van der Waals surface area (Å²) < 4.78 is 13.7. The van der Waals surface area contributed by atoms with Crippen molar-refractivity contribution < 1.29 is 9.47 Å². The van der Waals surface area contributed by atoms with Crippen LogP contribution in [0.2, 0.25) is 0 Å². The van der Waals surface area contributed by atoms with Gasteiger partial charge in [0.2, 0.25) is 6.41 Å². The van der Waals surface area contributed by atoms with Crippen molar-refractivity contribution in [3.05, 3.63) is 18.2 Å². The Morgan fingerprint density at radius 1 is 1.32 bits per heavy atom. The Morgan fingerprint density at radius 2 is 2.05 bits per heavy atom. The van der Waals surface area contributed by atoms with Crippen molar-refractivity contribution in [2.45, 2.75) is 58.0 Å². The molecule has 1 aliphatic heterocycles. The van der Waals surface area contributed by atoms with Gasteiger partial charge in [-0.1, -0.05) is 26.7 Å². The van der Waals surface area contributed by atoms with Gasteiger partial charge in [-0.2, -0.15) is 0 Å². The molecule has 2 heterocycles. The molecule has 0 N–H and O–H groups in total. The minimum Gasteiger partial charge on any atom is -0.343 e. The van der Waals surface area contributed by atoms with Crippen LogP contribution >= 0.6 is 0 Å². The Bertz CT molecular complexity index is 482. The molecule has 5 heteroatoms. The van der Waals surface area contributed by atoms with Crippen LogP contribution in [0.15, 0.2) is 12.4 Å². The molecule has 0 amide bonds. The highest BCUT2D eigenvalue weighted by Gasteiger charge is 2.45. The van der Waals surface area contributed by atoms with E-state index in [-0.39, 0.29) is 12.5 Å². The molecule has 5 nitrogen and oxygen atoms in total. The molecule has 2 fully saturated rings. The third kappa shape index (κ3) is 2.82. The summed E-state index contributed by atoms with van der Waals surface area (Å²) in [4.78, 5) is 7.13.